The van der Waals surface area contributed by atoms with Gasteiger partial charge in [-0.05, 0) is 19.0 Å². The van der Waals surface area contributed by atoms with Gasteiger partial charge >= 0.3 is 0 Å². The van der Waals surface area contributed by atoms with Crippen molar-refractivity contribution in [3.05, 3.63) is 28.5 Å². The van der Waals surface area contributed by atoms with Gasteiger partial charge in [0.2, 0.25) is 0 Å². The van der Waals surface area contributed by atoms with Crippen molar-refractivity contribution in [3.63, 3.8) is 0 Å². The maximum atomic E-state index is 13.3. The predicted molar refractivity (Wildman–Crippen MR) is 62.6 cm³/mol. The average molecular weight is 244 g/mol. The van der Waals surface area contributed by atoms with E-state index in [4.69, 9.17) is 16.3 Å². The number of benzene rings is 1. The van der Waals surface area contributed by atoms with Gasteiger partial charge in [0.15, 0.2) is 0 Å². The van der Waals surface area contributed by atoms with Gasteiger partial charge < -0.3 is 10.1 Å². The molecule has 88 valence electrons. The van der Waals surface area contributed by atoms with Gasteiger partial charge in [0.05, 0.1) is 11.6 Å². The van der Waals surface area contributed by atoms with Crippen LogP contribution in [-0.2, 0) is 0 Å². The van der Waals surface area contributed by atoms with Crippen molar-refractivity contribution in [1.29, 1.82) is 0 Å². The van der Waals surface area contributed by atoms with E-state index in [1.165, 1.54) is 6.07 Å². The van der Waals surface area contributed by atoms with Crippen LogP contribution in [0.15, 0.2) is 12.1 Å². The monoisotopic (exact) mass is 243 g/mol. The first-order valence-electron chi connectivity index (χ1n) is 5.57. The lowest BCUT2D eigenvalue weighted by atomic mass is 10.0. The minimum absolute atomic E-state index is 0.160. The normalized spacial score (nSPS) is 19.1. The first kappa shape index (κ1) is 11.7. The fraction of sp³-hybridized carbons (Fsp3) is 0.500. The molecule has 1 unspecified atom stereocenters. The first-order valence-corrected chi connectivity index (χ1v) is 5.95. The van der Waals surface area contributed by atoms with Crippen LogP contribution >= 0.6 is 11.6 Å². The molecule has 1 aliphatic heterocycles. The molecule has 1 aromatic rings. The minimum Gasteiger partial charge on any atom is -0.493 e. The van der Waals surface area contributed by atoms with E-state index in [9.17, 15) is 4.39 Å². The van der Waals surface area contributed by atoms with Gasteiger partial charge in [0.25, 0.3) is 0 Å². The molecular weight excluding hydrogens is 229 g/mol. The number of rotatable bonds is 3. The smallest absolute Gasteiger partial charge is 0.145 e. The molecule has 0 aliphatic carbocycles. The number of fused-ring (bicyclic) bond motifs is 1. The van der Waals surface area contributed by atoms with Crippen LogP contribution in [0.3, 0.4) is 0 Å². The third-order valence-corrected chi connectivity index (χ3v) is 3.02. The third kappa shape index (κ3) is 2.30. The Balaban J connectivity index is 2.27. The highest BCUT2D eigenvalue weighted by atomic mass is 35.5. The number of hydrogen-bond donors (Lipinski definition) is 1. The van der Waals surface area contributed by atoms with E-state index in [0.717, 1.165) is 24.9 Å². The van der Waals surface area contributed by atoms with Crippen molar-refractivity contribution in [1.82, 2.24) is 5.32 Å². The predicted octanol–water partition coefficient (Wildman–Crippen LogP) is 3.30. The van der Waals surface area contributed by atoms with Crippen LogP contribution < -0.4 is 10.1 Å². The lowest BCUT2D eigenvalue weighted by molar-refractivity contribution is 0.251. The quantitative estimate of drug-likeness (QED) is 0.880. The lowest BCUT2D eigenvalue weighted by Gasteiger charge is -2.27. The van der Waals surface area contributed by atoms with Crippen LogP contribution in [0, 0.1) is 5.82 Å². The summed E-state index contributed by atoms with van der Waals surface area (Å²) in [6, 6.07) is 3.26. The highest BCUT2D eigenvalue weighted by Gasteiger charge is 2.22. The van der Waals surface area contributed by atoms with E-state index in [-0.39, 0.29) is 11.1 Å². The van der Waals surface area contributed by atoms with Crippen molar-refractivity contribution < 1.29 is 9.13 Å². The van der Waals surface area contributed by atoms with E-state index in [1.54, 1.807) is 6.07 Å². The standard InChI is InChI=1S/C12H15ClFNO/c1-2-4-15-11-3-5-16-12-7-10(14)9(13)6-8(11)12/h6-7,11,15H,2-5H2,1H3. The molecule has 1 aliphatic rings. The molecule has 0 amide bonds. The van der Waals surface area contributed by atoms with Crippen LogP contribution in [-0.4, -0.2) is 13.2 Å². The maximum absolute atomic E-state index is 13.3. The van der Waals surface area contributed by atoms with Crippen molar-refractivity contribution in [2.75, 3.05) is 13.2 Å². The number of halogens is 2. The summed E-state index contributed by atoms with van der Waals surface area (Å²) in [4.78, 5) is 0. The third-order valence-electron chi connectivity index (χ3n) is 2.73. The Morgan fingerprint density at radius 1 is 1.56 bits per heavy atom. The summed E-state index contributed by atoms with van der Waals surface area (Å²) in [7, 11) is 0. The lowest BCUT2D eigenvalue weighted by Crippen LogP contribution is -2.27. The Labute approximate surface area is 99.7 Å². The van der Waals surface area contributed by atoms with E-state index in [2.05, 4.69) is 12.2 Å². The van der Waals surface area contributed by atoms with Gasteiger partial charge in [-0.25, -0.2) is 4.39 Å². The minimum atomic E-state index is -0.420. The molecule has 4 heteroatoms. The van der Waals surface area contributed by atoms with Crippen LogP contribution in [0.2, 0.25) is 5.02 Å². The average Bonchev–Trinajstić information content (AvgIpc) is 2.28. The first-order chi connectivity index (χ1) is 7.72. The molecule has 16 heavy (non-hydrogen) atoms. The van der Waals surface area contributed by atoms with E-state index in [1.807, 2.05) is 0 Å². The summed E-state index contributed by atoms with van der Waals surface area (Å²) in [6.45, 7) is 3.68. The van der Waals surface area contributed by atoms with Gasteiger partial charge in [-0.1, -0.05) is 18.5 Å². The Bertz CT molecular complexity index is 384. The van der Waals surface area contributed by atoms with Gasteiger partial charge in [-0.15, -0.1) is 0 Å². The maximum Gasteiger partial charge on any atom is 0.145 e. The molecule has 0 bridgehead atoms. The van der Waals surface area contributed by atoms with Crippen LogP contribution in [0.25, 0.3) is 0 Å². The second kappa shape index (κ2) is 5.02. The zero-order valence-corrected chi connectivity index (χ0v) is 9.98. The molecule has 1 heterocycles. The van der Waals surface area contributed by atoms with Crippen molar-refractivity contribution in [2.24, 2.45) is 0 Å². The molecule has 0 saturated carbocycles. The van der Waals surface area contributed by atoms with Crippen molar-refractivity contribution in [3.8, 4) is 5.75 Å². The zero-order chi connectivity index (χ0) is 11.5. The number of nitrogens with one attached hydrogen (secondary N) is 1. The molecule has 0 saturated heterocycles. The second-order valence-corrected chi connectivity index (χ2v) is 4.36. The molecule has 2 nitrogen and oxygen atoms in total. The van der Waals surface area contributed by atoms with Crippen molar-refractivity contribution >= 4 is 11.6 Å². The molecule has 1 aromatic carbocycles. The SMILES string of the molecule is CCCNC1CCOc2cc(F)c(Cl)cc21. The molecule has 0 spiro atoms. The van der Waals surface area contributed by atoms with E-state index in [0.29, 0.717) is 12.4 Å². The molecule has 1 N–H and O–H groups in total. The number of ether oxygens (including phenoxy) is 1. The fourth-order valence-electron chi connectivity index (χ4n) is 1.91. The second-order valence-electron chi connectivity index (χ2n) is 3.95. The van der Waals surface area contributed by atoms with E-state index >= 15 is 0 Å². The van der Waals surface area contributed by atoms with E-state index < -0.39 is 5.82 Å². The summed E-state index contributed by atoms with van der Waals surface area (Å²) in [5, 5.41) is 3.57. The van der Waals surface area contributed by atoms with Crippen LogP contribution in [0.5, 0.6) is 5.75 Å². The molecule has 0 fully saturated rings. The van der Waals surface area contributed by atoms with Crippen molar-refractivity contribution in [2.45, 2.75) is 25.8 Å². The van der Waals surface area contributed by atoms with Crippen LogP contribution in [0.1, 0.15) is 31.4 Å². The number of hydrogen-bond acceptors (Lipinski definition) is 2. The Kier molecular flexibility index (Phi) is 3.66. The summed E-state index contributed by atoms with van der Waals surface area (Å²) in [5.74, 6) is 0.193. The molecule has 0 radical (unpaired) electrons. The molecular formula is C12H15ClFNO. The van der Waals surface area contributed by atoms with Gasteiger partial charge in [-0.2, -0.15) is 0 Å². The largest absolute Gasteiger partial charge is 0.493 e. The van der Waals surface area contributed by atoms with Gasteiger partial charge in [0, 0.05) is 24.1 Å². The van der Waals surface area contributed by atoms with Gasteiger partial charge in [-0.3, -0.25) is 0 Å². The Morgan fingerprint density at radius 2 is 2.38 bits per heavy atom. The Hall–Kier alpha value is -0.800. The summed E-state index contributed by atoms with van der Waals surface area (Å²) >= 11 is 5.79. The Morgan fingerprint density at radius 3 is 3.12 bits per heavy atom. The highest BCUT2D eigenvalue weighted by Crippen LogP contribution is 2.35. The summed E-state index contributed by atoms with van der Waals surface area (Å²) in [5.41, 5.74) is 0.964. The fourth-order valence-corrected chi connectivity index (χ4v) is 2.09. The summed E-state index contributed by atoms with van der Waals surface area (Å²) < 4.78 is 18.7. The van der Waals surface area contributed by atoms with Gasteiger partial charge in [0.1, 0.15) is 11.6 Å². The zero-order valence-electron chi connectivity index (χ0n) is 9.22. The molecule has 1 atom stereocenters. The molecule has 2 rings (SSSR count). The van der Waals surface area contributed by atoms with Crippen LogP contribution in [0.4, 0.5) is 4.39 Å². The summed E-state index contributed by atoms with van der Waals surface area (Å²) in [6.07, 6.45) is 1.97. The topological polar surface area (TPSA) is 21.3 Å². The molecule has 0 aromatic heterocycles. The highest BCUT2D eigenvalue weighted by molar-refractivity contribution is 6.30.